The molecule has 3 heterocycles. The van der Waals surface area contributed by atoms with Crippen molar-refractivity contribution in [1.29, 1.82) is 0 Å². The molecule has 3 aliphatic heterocycles. The third-order valence-corrected chi connectivity index (χ3v) is 7.64. The summed E-state index contributed by atoms with van der Waals surface area (Å²) in [5, 5.41) is 0.507. The van der Waals surface area contributed by atoms with Gasteiger partial charge in [-0.25, -0.2) is 4.90 Å². The van der Waals surface area contributed by atoms with E-state index in [0.717, 1.165) is 11.1 Å². The fraction of sp³-hybridized carbons (Fsp3) is 0.172. The average Bonchev–Trinajstić information content (AvgIpc) is 3.36. The van der Waals surface area contributed by atoms with Crippen molar-refractivity contribution in [2.45, 2.75) is 19.0 Å². The number of benzene rings is 3. The lowest BCUT2D eigenvalue weighted by Gasteiger charge is -2.35. The molecule has 0 unspecified atom stereocenters. The molecule has 0 radical (unpaired) electrons. The Hall–Kier alpha value is -4.03. The first-order valence-electron chi connectivity index (χ1n) is 11.7. The summed E-state index contributed by atoms with van der Waals surface area (Å²) in [6.07, 6.45) is 3.75. The summed E-state index contributed by atoms with van der Waals surface area (Å²) >= 11 is 6.03. The molecule has 2 fully saturated rings. The van der Waals surface area contributed by atoms with Crippen molar-refractivity contribution in [3.05, 3.63) is 106 Å². The van der Waals surface area contributed by atoms with Crippen molar-refractivity contribution in [2.24, 2.45) is 11.8 Å². The number of anilines is 1. The molecule has 0 spiro atoms. The lowest BCUT2D eigenvalue weighted by molar-refractivity contribution is -0.123. The highest BCUT2D eigenvalue weighted by Crippen LogP contribution is 2.53. The zero-order valence-electron chi connectivity index (χ0n) is 19.3. The number of amides is 2. The number of imide groups is 1. The molecule has 3 aliphatic rings. The summed E-state index contributed by atoms with van der Waals surface area (Å²) in [5.41, 5.74) is 3.19. The van der Waals surface area contributed by atoms with Crippen LogP contribution in [0, 0.1) is 11.8 Å². The average molecular weight is 497 g/mol. The molecular weight excluding hydrogens is 476 g/mol. The number of halogens is 1. The van der Waals surface area contributed by atoms with Gasteiger partial charge in [0.1, 0.15) is 6.04 Å². The molecular formula is C29H21ClN2O4. The molecule has 0 N–H and O–H groups in total. The molecule has 0 bridgehead atoms. The number of hydrogen-bond acceptors (Lipinski definition) is 5. The zero-order chi connectivity index (χ0) is 25.1. The number of carbonyl (C=O) groups is 4. The Bertz CT molecular complexity index is 1460. The first kappa shape index (κ1) is 22.4. The Morgan fingerprint density at radius 2 is 1.44 bits per heavy atom. The third-order valence-electron chi connectivity index (χ3n) is 7.39. The van der Waals surface area contributed by atoms with E-state index in [4.69, 9.17) is 11.6 Å². The van der Waals surface area contributed by atoms with Gasteiger partial charge in [0.15, 0.2) is 11.6 Å². The van der Waals surface area contributed by atoms with Gasteiger partial charge in [0, 0.05) is 22.3 Å². The van der Waals surface area contributed by atoms with Crippen LogP contribution in [0.3, 0.4) is 0 Å². The van der Waals surface area contributed by atoms with Gasteiger partial charge in [0.25, 0.3) is 0 Å². The van der Waals surface area contributed by atoms with E-state index in [0.29, 0.717) is 21.8 Å². The highest BCUT2D eigenvalue weighted by molar-refractivity contribution is 6.30. The van der Waals surface area contributed by atoms with Gasteiger partial charge in [0.2, 0.25) is 11.8 Å². The number of hydrogen-bond donors (Lipinski definition) is 0. The van der Waals surface area contributed by atoms with Gasteiger partial charge in [-0.1, -0.05) is 35.9 Å². The Labute approximate surface area is 212 Å². The summed E-state index contributed by atoms with van der Waals surface area (Å²) in [6, 6.07) is 19.5. The van der Waals surface area contributed by atoms with Gasteiger partial charge >= 0.3 is 0 Å². The minimum Gasteiger partial charge on any atom is -0.358 e. The smallest absolute Gasteiger partial charge is 0.240 e. The van der Waals surface area contributed by atoms with Crippen molar-refractivity contribution in [1.82, 2.24) is 4.90 Å². The largest absolute Gasteiger partial charge is 0.358 e. The molecule has 0 aromatic heterocycles. The van der Waals surface area contributed by atoms with Gasteiger partial charge < -0.3 is 4.90 Å². The predicted octanol–water partition coefficient (Wildman–Crippen LogP) is 4.94. The van der Waals surface area contributed by atoms with Gasteiger partial charge in [-0.2, -0.15) is 0 Å². The Kier molecular flexibility index (Phi) is 5.16. The topological polar surface area (TPSA) is 74.8 Å². The maximum Gasteiger partial charge on any atom is 0.240 e. The highest BCUT2D eigenvalue weighted by atomic mass is 35.5. The second-order valence-corrected chi connectivity index (χ2v) is 9.76. The van der Waals surface area contributed by atoms with E-state index >= 15 is 0 Å². The number of rotatable bonds is 4. The molecule has 178 valence electrons. The number of carbonyl (C=O) groups excluding carboxylic acids is 4. The molecule has 3 aromatic carbocycles. The van der Waals surface area contributed by atoms with Gasteiger partial charge in [-0.15, -0.1) is 0 Å². The lowest BCUT2D eigenvalue weighted by atomic mass is 9.83. The van der Waals surface area contributed by atoms with Gasteiger partial charge in [-0.05, 0) is 72.7 Å². The quantitative estimate of drug-likeness (QED) is 0.378. The molecule has 2 amide bonds. The molecule has 4 atom stereocenters. The monoisotopic (exact) mass is 496 g/mol. The molecule has 36 heavy (non-hydrogen) atoms. The molecule has 0 aliphatic carbocycles. The standard InChI is InChI=1S/C29H21ClN2O4/c1-16(33)17-8-12-21(13-9-17)32-28(35)23-24(29(32)36)26(27(34)19-6-10-20(30)11-7-19)31-15-14-18-4-2-3-5-22(18)25(23)31/h2-15,23-26H,1H3/t23-,24-,25-,26+/m1/s1. The van der Waals surface area contributed by atoms with E-state index in [9.17, 15) is 19.2 Å². The Balaban J connectivity index is 1.47. The Morgan fingerprint density at radius 1 is 0.806 bits per heavy atom. The van der Waals surface area contributed by atoms with Crippen molar-refractivity contribution in [3.63, 3.8) is 0 Å². The number of fused-ring (bicyclic) bond motifs is 5. The summed E-state index contributed by atoms with van der Waals surface area (Å²) < 4.78 is 0. The minimum atomic E-state index is -0.853. The normalized spacial score (nSPS) is 23.9. The first-order chi connectivity index (χ1) is 17.4. The minimum absolute atomic E-state index is 0.104. The maximum absolute atomic E-state index is 13.9. The van der Waals surface area contributed by atoms with E-state index in [1.807, 2.05) is 41.4 Å². The van der Waals surface area contributed by atoms with Crippen LogP contribution in [0.4, 0.5) is 5.69 Å². The number of ketones is 2. The zero-order valence-corrected chi connectivity index (χ0v) is 20.1. The fourth-order valence-electron chi connectivity index (χ4n) is 5.74. The van der Waals surface area contributed by atoms with E-state index in [1.165, 1.54) is 11.8 Å². The van der Waals surface area contributed by atoms with E-state index in [2.05, 4.69) is 0 Å². The van der Waals surface area contributed by atoms with Crippen LogP contribution in [0.15, 0.2) is 79.0 Å². The van der Waals surface area contributed by atoms with E-state index in [-0.39, 0.29) is 17.5 Å². The van der Waals surface area contributed by atoms with Crippen LogP contribution in [-0.2, 0) is 9.59 Å². The van der Waals surface area contributed by atoms with Crippen LogP contribution in [0.25, 0.3) is 6.08 Å². The van der Waals surface area contributed by atoms with Gasteiger partial charge in [-0.3, -0.25) is 19.2 Å². The molecule has 7 heteroatoms. The molecule has 6 nitrogen and oxygen atoms in total. The van der Waals surface area contributed by atoms with Crippen LogP contribution in [0.2, 0.25) is 5.02 Å². The molecule has 2 saturated heterocycles. The van der Waals surface area contributed by atoms with Gasteiger partial charge in [0.05, 0.1) is 23.6 Å². The number of nitrogens with zero attached hydrogens (tertiary/aromatic N) is 2. The molecule has 6 rings (SSSR count). The van der Waals surface area contributed by atoms with Crippen LogP contribution in [0.1, 0.15) is 44.8 Å². The number of Topliss-reactive ketones (excluding diaryl/α,β-unsaturated/α-hetero) is 2. The second-order valence-electron chi connectivity index (χ2n) is 9.32. The summed E-state index contributed by atoms with van der Waals surface area (Å²) in [7, 11) is 0. The van der Waals surface area contributed by atoms with Crippen LogP contribution < -0.4 is 4.90 Å². The summed E-state index contributed by atoms with van der Waals surface area (Å²) in [4.78, 5) is 56.4. The predicted molar refractivity (Wildman–Crippen MR) is 136 cm³/mol. The fourth-order valence-corrected chi connectivity index (χ4v) is 5.87. The first-order valence-corrected chi connectivity index (χ1v) is 12.1. The Morgan fingerprint density at radius 3 is 2.14 bits per heavy atom. The van der Waals surface area contributed by atoms with Crippen LogP contribution >= 0.6 is 11.6 Å². The summed E-state index contributed by atoms with van der Waals surface area (Å²) in [6.45, 7) is 1.46. The van der Waals surface area contributed by atoms with Crippen LogP contribution in [-0.4, -0.2) is 34.3 Å². The van der Waals surface area contributed by atoms with Crippen molar-refractivity contribution < 1.29 is 19.2 Å². The third kappa shape index (κ3) is 3.25. The van der Waals surface area contributed by atoms with E-state index < -0.39 is 29.8 Å². The van der Waals surface area contributed by atoms with Crippen molar-refractivity contribution in [3.8, 4) is 0 Å². The van der Waals surface area contributed by atoms with E-state index in [1.54, 1.807) is 48.5 Å². The van der Waals surface area contributed by atoms with Crippen LogP contribution in [0.5, 0.6) is 0 Å². The second kappa shape index (κ2) is 8.28. The summed E-state index contributed by atoms with van der Waals surface area (Å²) in [5.74, 6) is -2.66. The SMILES string of the molecule is CC(=O)c1ccc(N2C(=O)[C@@H]3[C@@H](C2=O)[C@H]2c4ccccc4C=CN2[C@@H]3C(=O)c2ccc(Cl)cc2)cc1. The maximum atomic E-state index is 13.9. The molecule has 3 aromatic rings. The molecule has 0 saturated carbocycles. The lowest BCUT2D eigenvalue weighted by Crippen LogP contribution is -2.44. The van der Waals surface area contributed by atoms with Crippen molar-refractivity contribution in [2.75, 3.05) is 4.90 Å². The van der Waals surface area contributed by atoms with Crippen molar-refractivity contribution >= 4 is 46.7 Å². The highest BCUT2D eigenvalue weighted by Gasteiger charge is 2.64.